The van der Waals surface area contributed by atoms with Gasteiger partial charge in [-0.1, -0.05) is 105 Å². The molecule has 1 saturated heterocycles. The summed E-state index contributed by atoms with van der Waals surface area (Å²) in [6.07, 6.45) is -1.78. The first-order valence-corrected chi connectivity index (χ1v) is 20.1. The second-order valence-corrected chi connectivity index (χ2v) is 17.6. The highest BCUT2D eigenvalue weighted by molar-refractivity contribution is 5.88. The van der Waals surface area contributed by atoms with E-state index < -0.39 is 70.7 Å². The van der Waals surface area contributed by atoms with Gasteiger partial charge in [-0.2, -0.15) is 0 Å². The molecular weight excluding hydrogens is 765 g/mol. The summed E-state index contributed by atoms with van der Waals surface area (Å²) < 4.78 is 25.3. The third-order valence-corrected chi connectivity index (χ3v) is 10.7. The third kappa shape index (κ3) is 8.80. The van der Waals surface area contributed by atoms with Crippen molar-refractivity contribution in [3.05, 3.63) is 126 Å². The average molecular weight is 821 g/mol. The molecule has 0 spiro atoms. The summed E-state index contributed by atoms with van der Waals surface area (Å²) in [5.74, 6) is -1.23. The van der Waals surface area contributed by atoms with Crippen molar-refractivity contribution in [3.8, 4) is 0 Å². The number of carbonyl (C=O) groups is 3. The molecule has 0 radical (unpaired) electrons. The number of hydrogen-bond donors (Lipinski definition) is 4. The van der Waals surface area contributed by atoms with Crippen molar-refractivity contribution in [2.45, 2.75) is 109 Å². The van der Waals surface area contributed by atoms with Crippen molar-refractivity contribution in [2.75, 3.05) is 12.3 Å². The van der Waals surface area contributed by atoms with Gasteiger partial charge in [0, 0.05) is 11.8 Å². The fourth-order valence-electron chi connectivity index (χ4n) is 7.53. The van der Waals surface area contributed by atoms with Gasteiger partial charge in [-0.05, 0) is 71.1 Å². The molecule has 1 fully saturated rings. The predicted molar refractivity (Wildman–Crippen MR) is 227 cm³/mol. The molecule has 6 rings (SSSR count). The van der Waals surface area contributed by atoms with E-state index in [0.717, 1.165) is 16.7 Å². The first kappa shape index (κ1) is 43.6. The maximum Gasteiger partial charge on any atom is 0.411 e. The van der Waals surface area contributed by atoms with Crippen LogP contribution in [0.25, 0.3) is 11.0 Å². The Labute approximate surface area is 350 Å². The van der Waals surface area contributed by atoms with E-state index >= 15 is 0 Å². The van der Waals surface area contributed by atoms with E-state index in [9.17, 15) is 19.5 Å². The van der Waals surface area contributed by atoms with Crippen molar-refractivity contribution >= 4 is 35.0 Å². The van der Waals surface area contributed by atoms with Gasteiger partial charge in [0.15, 0.2) is 11.9 Å². The topological polar surface area (TPSA) is 191 Å². The van der Waals surface area contributed by atoms with E-state index in [2.05, 4.69) is 20.3 Å². The van der Waals surface area contributed by atoms with Crippen LogP contribution in [0.3, 0.4) is 0 Å². The lowest BCUT2D eigenvalue weighted by Gasteiger charge is -2.39. The monoisotopic (exact) mass is 820 g/mol. The second kappa shape index (κ2) is 16.9. The minimum absolute atomic E-state index is 0.157. The number of esters is 1. The highest BCUT2D eigenvalue weighted by Gasteiger charge is 2.57. The van der Waals surface area contributed by atoms with E-state index in [1.54, 1.807) is 61.6 Å². The van der Waals surface area contributed by atoms with Gasteiger partial charge in [0.1, 0.15) is 40.3 Å². The summed E-state index contributed by atoms with van der Waals surface area (Å²) >= 11 is 0. The minimum atomic E-state index is -1.65. The number of nitrogens with two attached hydrogens (primary N) is 1. The molecule has 14 nitrogen and oxygen atoms in total. The lowest BCUT2D eigenvalue weighted by molar-refractivity contribution is -0.166. The predicted octanol–water partition coefficient (Wildman–Crippen LogP) is 7.42. The van der Waals surface area contributed by atoms with E-state index in [1.807, 2.05) is 91.0 Å². The van der Waals surface area contributed by atoms with Crippen LogP contribution < -0.4 is 11.1 Å². The Kier molecular flexibility index (Phi) is 12.3. The molecule has 0 bridgehead atoms. The lowest BCUT2D eigenvalue weighted by atomic mass is 9.80. The van der Waals surface area contributed by atoms with E-state index in [-0.39, 0.29) is 12.4 Å². The number of nitrogens with zero attached hydrogens (tertiary/aromatic N) is 3. The van der Waals surface area contributed by atoms with Gasteiger partial charge in [0.05, 0.1) is 24.2 Å². The zero-order valence-corrected chi connectivity index (χ0v) is 35.6. The number of nitrogen functional groups attached to an aromatic ring is 1. The van der Waals surface area contributed by atoms with Crippen LogP contribution in [-0.2, 0) is 29.3 Å². The van der Waals surface area contributed by atoms with Crippen LogP contribution in [0, 0.1) is 5.92 Å². The molecule has 0 aliphatic carbocycles. The summed E-state index contributed by atoms with van der Waals surface area (Å²) in [7, 11) is 0. The van der Waals surface area contributed by atoms with Gasteiger partial charge < -0.3 is 40.1 Å². The summed E-state index contributed by atoms with van der Waals surface area (Å²) in [6.45, 7) is 15.1. The number of carbonyl (C=O) groups excluding carboxylic acids is 3. The van der Waals surface area contributed by atoms with E-state index in [1.165, 1.54) is 18.2 Å². The fraction of sp³-hybridized carbons (Fsp3) is 0.413. The molecule has 1 aliphatic rings. The number of aromatic amines is 1. The van der Waals surface area contributed by atoms with Crippen molar-refractivity contribution < 1.29 is 38.4 Å². The largest absolute Gasteiger partial charge is 0.455 e. The zero-order chi connectivity index (χ0) is 43.6. The van der Waals surface area contributed by atoms with Crippen LogP contribution >= 0.6 is 0 Å². The van der Waals surface area contributed by atoms with E-state index in [4.69, 9.17) is 24.7 Å². The molecule has 60 heavy (non-hydrogen) atoms. The number of anilines is 1. The summed E-state index contributed by atoms with van der Waals surface area (Å²) in [5.41, 5.74) is 4.95. The molecule has 5 N–H and O–H groups in total. The normalized spacial score (nSPS) is 19.5. The number of ether oxygens (including phenoxy) is 4. The molecule has 318 valence electrons. The Morgan fingerprint density at radius 3 is 1.82 bits per heavy atom. The number of rotatable bonds is 11. The number of aliphatic hydroxyl groups excluding tert-OH is 1. The Bertz CT molecular complexity index is 2180. The molecule has 5 aromatic rings. The Morgan fingerprint density at radius 2 is 1.33 bits per heavy atom. The number of H-pyrrole nitrogens is 1. The van der Waals surface area contributed by atoms with Crippen molar-refractivity contribution in [2.24, 2.45) is 5.92 Å². The molecule has 0 saturated carbocycles. The Balaban J connectivity index is 1.53. The maximum atomic E-state index is 14.7. The summed E-state index contributed by atoms with van der Waals surface area (Å²) in [6, 6.07) is 26.6. The standard InChI is InChI=1S/C46H56N6O8/c1-28(2)45(9,51-41(55)59-43(3,4)5)40(54)58-38-33(26-57-46(29-19-13-10-14-20-29,30-21-15-11-16-22-30)31-23-17-12-18-24-31)52(42(56)60-44(6,7)8)36(37(38)53)32-25-48-35-34(32)49-27-50-39(35)47/h10-25,27-28,33,36-38,48,53H,26H2,1-9H3,(H,51,55)(H2,47,49,50). The number of nitrogens with one attached hydrogen (secondary N) is 2. The number of amides is 2. The van der Waals surface area contributed by atoms with Crippen LogP contribution in [0.2, 0.25) is 0 Å². The zero-order valence-electron chi connectivity index (χ0n) is 35.6. The number of fused-ring (bicyclic) bond motifs is 1. The minimum Gasteiger partial charge on any atom is -0.455 e. The number of aliphatic hydroxyl groups is 1. The summed E-state index contributed by atoms with van der Waals surface area (Å²) in [4.78, 5) is 55.6. The average Bonchev–Trinajstić information content (AvgIpc) is 3.73. The first-order valence-electron chi connectivity index (χ1n) is 20.1. The maximum absolute atomic E-state index is 14.7. The van der Waals surface area contributed by atoms with E-state index in [0.29, 0.717) is 16.6 Å². The molecule has 2 amide bonds. The highest BCUT2D eigenvalue weighted by atomic mass is 16.6. The molecule has 2 aromatic heterocycles. The SMILES string of the molecule is CC(C)C(C)(NC(=O)OC(C)(C)C)C(=O)OC1C(O)C(c2c[nH]c3c(N)ncnc23)N(C(=O)OC(C)(C)C)C1COC(c1ccccc1)(c1ccccc1)c1ccccc1. The number of benzene rings is 3. The Morgan fingerprint density at radius 1 is 0.817 bits per heavy atom. The van der Waals surface area contributed by atoms with Crippen LogP contribution in [0.15, 0.2) is 104 Å². The fourth-order valence-corrected chi connectivity index (χ4v) is 7.53. The molecule has 5 unspecified atom stereocenters. The van der Waals surface area contributed by atoms with Gasteiger partial charge in [-0.25, -0.2) is 24.4 Å². The summed E-state index contributed by atoms with van der Waals surface area (Å²) in [5, 5.41) is 15.3. The van der Waals surface area contributed by atoms with Gasteiger partial charge in [0.25, 0.3) is 0 Å². The van der Waals surface area contributed by atoms with Gasteiger partial charge >= 0.3 is 18.2 Å². The van der Waals surface area contributed by atoms with Crippen LogP contribution in [0.4, 0.5) is 15.4 Å². The molecular formula is C46H56N6O8. The first-order chi connectivity index (χ1) is 28.3. The van der Waals surface area contributed by atoms with Gasteiger partial charge in [-0.15, -0.1) is 0 Å². The molecule has 3 aromatic carbocycles. The number of hydrogen-bond acceptors (Lipinski definition) is 11. The number of alkyl carbamates (subject to hydrolysis) is 1. The lowest BCUT2D eigenvalue weighted by Crippen LogP contribution is -2.59. The number of aromatic nitrogens is 3. The highest BCUT2D eigenvalue weighted by Crippen LogP contribution is 2.46. The third-order valence-electron chi connectivity index (χ3n) is 10.7. The van der Waals surface area contributed by atoms with Gasteiger partial charge in [0.2, 0.25) is 0 Å². The van der Waals surface area contributed by atoms with Crippen LogP contribution in [0.1, 0.15) is 90.6 Å². The smallest absolute Gasteiger partial charge is 0.411 e. The van der Waals surface area contributed by atoms with Crippen molar-refractivity contribution in [1.82, 2.24) is 25.2 Å². The quantitative estimate of drug-likeness (QED) is 0.0589. The van der Waals surface area contributed by atoms with Crippen LogP contribution in [-0.4, -0.2) is 84.7 Å². The van der Waals surface area contributed by atoms with Gasteiger partial charge in [-0.3, -0.25) is 4.90 Å². The molecule has 3 heterocycles. The number of likely N-dealkylation sites (tertiary alicyclic amines) is 1. The second-order valence-electron chi connectivity index (χ2n) is 17.6. The Hall–Kier alpha value is -5.99. The molecule has 1 aliphatic heterocycles. The van der Waals surface area contributed by atoms with Crippen molar-refractivity contribution in [3.63, 3.8) is 0 Å². The van der Waals surface area contributed by atoms with Crippen molar-refractivity contribution in [1.29, 1.82) is 0 Å². The molecule has 5 atom stereocenters. The van der Waals surface area contributed by atoms with Crippen LogP contribution in [0.5, 0.6) is 0 Å². The molecule has 14 heteroatoms.